The Morgan fingerprint density at radius 3 is 2.79 bits per heavy atom. The summed E-state index contributed by atoms with van der Waals surface area (Å²) in [5.41, 5.74) is 1.04. The number of nitrogens with zero attached hydrogens (tertiary/aromatic N) is 7. The van der Waals surface area contributed by atoms with Crippen molar-refractivity contribution in [2.75, 3.05) is 0 Å². The SMILES string of the molecule is O=C(NCc1csc2ncnn12)c1nnn(-c2ccc(OC(F)(F)F)cc2)n1. The number of alkyl halides is 3. The zero-order chi connectivity index (χ0) is 19.7. The highest BCUT2D eigenvalue weighted by Crippen LogP contribution is 2.23. The van der Waals surface area contributed by atoms with E-state index >= 15 is 0 Å². The fraction of sp³-hybridized carbons (Fsp3) is 0.143. The zero-order valence-corrected chi connectivity index (χ0v) is 14.5. The molecular formula is C14H9F3N8O2S. The quantitative estimate of drug-likeness (QED) is 0.532. The average molecular weight is 410 g/mol. The van der Waals surface area contributed by atoms with Crippen LogP contribution >= 0.6 is 11.3 Å². The molecule has 0 unspecified atom stereocenters. The molecule has 28 heavy (non-hydrogen) atoms. The van der Waals surface area contributed by atoms with Crippen LogP contribution in [0.1, 0.15) is 16.3 Å². The molecule has 0 spiro atoms. The lowest BCUT2D eigenvalue weighted by molar-refractivity contribution is -0.274. The normalized spacial score (nSPS) is 11.7. The van der Waals surface area contributed by atoms with E-state index in [4.69, 9.17) is 0 Å². The van der Waals surface area contributed by atoms with Crippen LogP contribution < -0.4 is 10.1 Å². The first kappa shape index (κ1) is 17.8. The van der Waals surface area contributed by atoms with E-state index in [1.54, 1.807) is 4.52 Å². The molecule has 0 aliphatic heterocycles. The van der Waals surface area contributed by atoms with Crippen LogP contribution in [0.2, 0.25) is 0 Å². The first-order chi connectivity index (χ1) is 13.4. The van der Waals surface area contributed by atoms with Gasteiger partial charge in [0.2, 0.25) is 4.96 Å². The number of amides is 1. The van der Waals surface area contributed by atoms with Gasteiger partial charge in [0, 0.05) is 5.38 Å². The van der Waals surface area contributed by atoms with E-state index in [-0.39, 0.29) is 18.1 Å². The van der Waals surface area contributed by atoms with Crippen molar-refractivity contribution in [2.24, 2.45) is 0 Å². The highest BCUT2D eigenvalue weighted by Gasteiger charge is 2.31. The first-order valence-corrected chi connectivity index (χ1v) is 8.47. The van der Waals surface area contributed by atoms with Gasteiger partial charge in [0.1, 0.15) is 12.1 Å². The number of thiazole rings is 1. The third-order valence-corrected chi connectivity index (χ3v) is 4.32. The van der Waals surface area contributed by atoms with E-state index in [0.29, 0.717) is 10.6 Å². The van der Waals surface area contributed by atoms with Gasteiger partial charge in [-0.1, -0.05) is 0 Å². The number of benzene rings is 1. The Labute approximate surface area is 157 Å². The number of aromatic nitrogens is 7. The van der Waals surface area contributed by atoms with Crippen LogP contribution in [0.3, 0.4) is 0 Å². The topological polar surface area (TPSA) is 112 Å². The molecule has 10 nitrogen and oxygen atoms in total. The van der Waals surface area contributed by atoms with Crippen LogP contribution in [0, 0.1) is 0 Å². The molecule has 0 saturated carbocycles. The highest BCUT2D eigenvalue weighted by atomic mass is 32.1. The molecule has 144 valence electrons. The Morgan fingerprint density at radius 1 is 1.25 bits per heavy atom. The number of ether oxygens (including phenoxy) is 1. The van der Waals surface area contributed by atoms with Crippen molar-refractivity contribution in [1.82, 2.24) is 40.1 Å². The molecule has 14 heteroatoms. The van der Waals surface area contributed by atoms with Crippen LogP contribution in [0.4, 0.5) is 13.2 Å². The molecule has 0 fully saturated rings. The van der Waals surface area contributed by atoms with Crippen molar-refractivity contribution < 1.29 is 22.7 Å². The minimum absolute atomic E-state index is 0.181. The number of hydrogen-bond donors (Lipinski definition) is 1. The van der Waals surface area contributed by atoms with Crippen molar-refractivity contribution in [1.29, 1.82) is 0 Å². The minimum Gasteiger partial charge on any atom is -0.406 e. The third-order valence-electron chi connectivity index (χ3n) is 3.44. The summed E-state index contributed by atoms with van der Waals surface area (Å²) < 4.78 is 41.9. The van der Waals surface area contributed by atoms with Gasteiger partial charge < -0.3 is 10.1 Å². The molecule has 4 aromatic rings. The van der Waals surface area contributed by atoms with E-state index < -0.39 is 12.3 Å². The minimum atomic E-state index is -4.78. The predicted octanol–water partition coefficient (Wildman–Crippen LogP) is 1.60. The lowest BCUT2D eigenvalue weighted by Gasteiger charge is -2.08. The number of rotatable bonds is 5. The lowest BCUT2D eigenvalue weighted by atomic mass is 10.3. The van der Waals surface area contributed by atoms with Crippen molar-refractivity contribution in [3.63, 3.8) is 0 Å². The number of hydrogen-bond acceptors (Lipinski definition) is 8. The van der Waals surface area contributed by atoms with Crippen LogP contribution in [-0.4, -0.2) is 47.1 Å². The molecule has 0 bridgehead atoms. The fourth-order valence-corrected chi connectivity index (χ4v) is 3.04. The Kier molecular flexibility index (Phi) is 4.38. The van der Waals surface area contributed by atoms with Crippen LogP contribution in [0.5, 0.6) is 5.75 Å². The number of carbonyl (C=O) groups is 1. The maximum Gasteiger partial charge on any atom is 0.573 e. The molecule has 4 rings (SSSR count). The highest BCUT2D eigenvalue weighted by molar-refractivity contribution is 7.15. The summed E-state index contributed by atoms with van der Waals surface area (Å²) in [7, 11) is 0. The zero-order valence-electron chi connectivity index (χ0n) is 13.7. The van der Waals surface area contributed by atoms with Crippen molar-refractivity contribution in [3.8, 4) is 11.4 Å². The summed E-state index contributed by atoms with van der Waals surface area (Å²) in [6, 6.07) is 4.81. The number of carbonyl (C=O) groups excluding carboxylic acids is 1. The number of nitrogens with one attached hydrogen (secondary N) is 1. The summed E-state index contributed by atoms with van der Waals surface area (Å²) >= 11 is 1.38. The second-order valence-electron chi connectivity index (χ2n) is 5.31. The number of halogens is 3. The Bertz CT molecular complexity index is 1120. The molecule has 1 amide bonds. The fourth-order valence-electron chi connectivity index (χ4n) is 2.24. The Hall–Kier alpha value is -3.55. The summed E-state index contributed by atoms with van der Waals surface area (Å²) in [6.45, 7) is 0.181. The van der Waals surface area contributed by atoms with E-state index in [1.807, 2.05) is 5.38 Å². The van der Waals surface area contributed by atoms with Gasteiger partial charge in [-0.3, -0.25) is 4.79 Å². The van der Waals surface area contributed by atoms with Gasteiger partial charge in [-0.25, -0.2) is 9.50 Å². The standard InChI is InChI=1S/C14H9F3N8O2S/c15-14(16,17)27-10-3-1-8(2-4-10)25-22-11(21-23-25)12(26)18-5-9-6-28-13-19-7-20-24(9)13/h1-4,6-7H,5H2,(H,18,26). The van der Waals surface area contributed by atoms with Crippen molar-refractivity contribution in [2.45, 2.75) is 12.9 Å². The van der Waals surface area contributed by atoms with Crippen LogP contribution in [0.25, 0.3) is 10.6 Å². The molecule has 0 aliphatic carbocycles. The average Bonchev–Trinajstić information content (AvgIpc) is 3.36. The Balaban J connectivity index is 1.42. The van der Waals surface area contributed by atoms with Gasteiger partial charge in [0.05, 0.1) is 17.9 Å². The van der Waals surface area contributed by atoms with E-state index in [1.165, 1.54) is 29.8 Å². The van der Waals surface area contributed by atoms with Gasteiger partial charge in [-0.15, -0.1) is 39.5 Å². The summed E-state index contributed by atoms with van der Waals surface area (Å²) in [4.78, 5) is 17.9. The molecule has 0 aliphatic rings. The predicted molar refractivity (Wildman–Crippen MR) is 87.9 cm³/mol. The van der Waals surface area contributed by atoms with Crippen molar-refractivity contribution in [3.05, 3.63) is 47.5 Å². The summed E-state index contributed by atoms with van der Waals surface area (Å²) in [6.07, 6.45) is -3.37. The number of fused-ring (bicyclic) bond motifs is 1. The second kappa shape index (κ2) is 6.88. The van der Waals surface area contributed by atoms with Gasteiger partial charge >= 0.3 is 6.36 Å². The lowest BCUT2D eigenvalue weighted by Crippen LogP contribution is -2.25. The largest absolute Gasteiger partial charge is 0.573 e. The van der Waals surface area contributed by atoms with Crippen LogP contribution in [0.15, 0.2) is 36.0 Å². The van der Waals surface area contributed by atoms with Gasteiger partial charge in [-0.2, -0.15) is 5.10 Å². The smallest absolute Gasteiger partial charge is 0.406 e. The molecule has 0 saturated heterocycles. The molecule has 0 atom stereocenters. The van der Waals surface area contributed by atoms with Gasteiger partial charge in [-0.05, 0) is 29.5 Å². The maximum absolute atomic E-state index is 12.2. The maximum atomic E-state index is 12.2. The molecule has 0 radical (unpaired) electrons. The molecule has 1 N–H and O–H groups in total. The molecule has 3 aromatic heterocycles. The molecule has 3 heterocycles. The summed E-state index contributed by atoms with van der Waals surface area (Å²) in [5, 5.41) is 19.8. The second-order valence-corrected chi connectivity index (χ2v) is 6.14. The van der Waals surface area contributed by atoms with Gasteiger partial charge in [0.15, 0.2) is 0 Å². The monoisotopic (exact) mass is 410 g/mol. The third kappa shape index (κ3) is 3.75. The molecular weight excluding hydrogens is 401 g/mol. The number of tetrazole rings is 1. The summed E-state index contributed by atoms with van der Waals surface area (Å²) in [5.74, 6) is -1.15. The first-order valence-electron chi connectivity index (χ1n) is 7.59. The van der Waals surface area contributed by atoms with E-state index in [2.05, 4.69) is 35.5 Å². The van der Waals surface area contributed by atoms with E-state index in [9.17, 15) is 18.0 Å². The molecule has 1 aromatic carbocycles. The Morgan fingerprint density at radius 2 is 2.04 bits per heavy atom. The van der Waals surface area contributed by atoms with Gasteiger partial charge in [0.25, 0.3) is 11.7 Å². The van der Waals surface area contributed by atoms with Crippen molar-refractivity contribution >= 4 is 22.2 Å². The van der Waals surface area contributed by atoms with Crippen LogP contribution in [-0.2, 0) is 6.54 Å². The van der Waals surface area contributed by atoms with E-state index in [0.717, 1.165) is 22.6 Å².